The molecule has 0 bridgehead atoms. The minimum Gasteiger partial charge on any atom is -1.00 e. The summed E-state index contributed by atoms with van der Waals surface area (Å²) in [6.45, 7) is 3.92. The predicted octanol–water partition coefficient (Wildman–Crippen LogP) is -5.60. The summed E-state index contributed by atoms with van der Waals surface area (Å²) in [4.78, 5) is 11.9. The molecule has 2 aliphatic heterocycles. The summed E-state index contributed by atoms with van der Waals surface area (Å²) in [5.74, 6) is -0.433. The molecule has 13 nitrogen and oxygen atoms in total. The molecule has 0 radical (unpaired) electrons. The molecule has 2 fully saturated rings. The number of hydrogen-bond donors (Lipinski definition) is 7. The number of quaternary nitrogens is 1. The van der Waals surface area contributed by atoms with Crippen LogP contribution in [0, 0.1) is 0 Å². The van der Waals surface area contributed by atoms with Crippen LogP contribution in [0.3, 0.4) is 0 Å². The summed E-state index contributed by atoms with van der Waals surface area (Å²) in [7, 11) is 0. The number of rotatable bonds is 16. The third-order valence-electron chi connectivity index (χ3n) is 6.53. The molecule has 2 aliphatic rings. The second-order valence-corrected chi connectivity index (χ2v) is 9.62. The van der Waals surface area contributed by atoms with Crippen molar-refractivity contribution in [2.45, 2.75) is 114 Å². The fourth-order valence-corrected chi connectivity index (χ4v) is 4.47. The third-order valence-corrected chi connectivity index (χ3v) is 6.53. The van der Waals surface area contributed by atoms with Crippen LogP contribution in [-0.4, -0.2) is 126 Å². The van der Waals surface area contributed by atoms with E-state index in [4.69, 9.17) is 23.7 Å². The van der Waals surface area contributed by atoms with Crippen LogP contribution in [0.5, 0.6) is 0 Å². The van der Waals surface area contributed by atoms with Crippen LogP contribution in [0.25, 0.3) is 0 Å². The van der Waals surface area contributed by atoms with Crippen LogP contribution in [0.1, 0.15) is 52.4 Å². The smallest absolute Gasteiger partial charge is 0.217 e. The molecule has 0 aliphatic carbocycles. The Hall–Kier alpha value is -0.680. The van der Waals surface area contributed by atoms with Gasteiger partial charge in [0.05, 0.1) is 26.4 Å². The number of carbonyl (C=O) groups is 1. The first-order valence-corrected chi connectivity index (χ1v) is 13.3. The van der Waals surface area contributed by atoms with E-state index in [1.165, 1.54) is 13.3 Å². The molecule has 9 N–H and O–H groups in total. The molecule has 2 saturated heterocycles. The Bertz CT molecular complexity index is 652. The highest BCUT2D eigenvalue weighted by molar-refractivity contribution is 5.73. The van der Waals surface area contributed by atoms with Crippen molar-refractivity contribution in [3.63, 3.8) is 0 Å². The van der Waals surface area contributed by atoms with E-state index in [2.05, 4.69) is 18.0 Å². The van der Waals surface area contributed by atoms with Crippen LogP contribution in [0.15, 0.2) is 0 Å². The molecule has 0 unspecified atom stereocenters. The zero-order valence-corrected chi connectivity index (χ0v) is 23.1. The topological polar surface area (TPSA) is 204 Å². The summed E-state index contributed by atoms with van der Waals surface area (Å²) in [5.41, 5.74) is 3.66. The molecule has 14 heteroatoms. The predicted molar refractivity (Wildman–Crippen MR) is 129 cm³/mol. The Balaban J connectivity index is 0.00000722. The number of halogens is 1. The molecule has 0 saturated carbocycles. The van der Waals surface area contributed by atoms with E-state index in [0.29, 0.717) is 19.8 Å². The van der Waals surface area contributed by atoms with Gasteiger partial charge in [-0.1, -0.05) is 39.0 Å². The number of nitrogens with one attached hydrogen (secondary N) is 1. The Labute approximate surface area is 230 Å². The van der Waals surface area contributed by atoms with Gasteiger partial charge in [-0.2, -0.15) is 0 Å². The third kappa shape index (κ3) is 10.4. The number of ether oxygens (including phenoxy) is 5. The Morgan fingerprint density at radius 2 is 1.55 bits per heavy atom. The normalized spacial score (nSPS) is 35.5. The van der Waals surface area contributed by atoms with Crippen molar-refractivity contribution < 1.29 is 72.2 Å². The summed E-state index contributed by atoms with van der Waals surface area (Å²) < 4.78 is 28.5. The maximum atomic E-state index is 11.9. The summed E-state index contributed by atoms with van der Waals surface area (Å²) >= 11 is 0. The molecule has 0 aromatic carbocycles. The van der Waals surface area contributed by atoms with Crippen molar-refractivity contribution in [3.8, 4) is 0 Å². The molecule has 2 heterocycles. The lowest BCUT2D eigenvalue weighted by atomic mass is 9.95. The van der Waals surface area contributed by atoms with E-state index >= 15 is 0 Å². The van der Waals surface area contributed by atoms with Crippen molar-refractivity contribution in [2.24, 2.45) is 0 Å². The second-order valence-electron chi connectivity index (χ2n) is 9.62. The quantitative estimate of drug-likeness (QED) is 0.0865. The van der Waals surface area contributed by atoms with Gasteiger partial charge in [-0.05, 0) is 6.42 Å². The maximum absolute atomic E-state index is 11.9. The van der Waals surface area contributed by atoms with Crippen molar-refractivity contribution >= 4 is 5.91 Å². The number of amides is 1. The van der Waals surface area contributed by atoms with Gasteiger partial charge in [0.1, 0.15) is 48.8 Å². The number of unbranched alkanes of at least 4 members (excludes halogenated alkanes) is 5. The summed E-state index contributed by atoms with van der Waals surface area (Å²) in [6, 6.07) is -1.03. The minimum absolute atomic E-state index is 0. The van der Waals surface area contributed by atoms with E-state index in [1.807, 2.05) is 0 Å². The molecule has 10 atom stereocenters. The van der Waals surface area contributed by atoms with Gasteiger partial charge in [0.25, 0.3) is 0 Å². The van der Waals surface area contributed by atoms with Gasteiger partial charge in [-0.25, -0.2) is 0 Å². The zero-order chi connectivity index (χ0) is 27.4. The van der Waals surface area contributed by atoms with Gasteiger partial charge in [0, 0.05) is 13.5 Å². The Morgan fingerprint density at radius 1 is 0.895 bits per heavy atom. The molecule has 0 spiro atoms. The Morgan fingerprint density at radius 3 is 2.18 bits per heavy atom. The lowest BCUT2D eigenvalue weighted by molar-refractivity contribution is -0.377. The van der Waals surface area contributed by atoms with Crippen molar-refractivity contribution in [3.05, 3.63) is 0 Å². The van der Waals surface area contributed by atoms with Crippen LogP contribution >= 0.6 is 0 Å². The number of carbonyl (C=O) groups excluding carboxylic acids is 1. The van der Waals surface area contributed by atoms with Crippen molar-refractivity contribution in [1.82, 2.24) is 5.32 Å². The molecule has 0 aromatic rings. The molecule has 2 rings (SSSR count). The molecule has 0 aromatic heterocycles. The highest BCUT2D eigenvalue weighted by Gasteiger charge is 2.51. The lowest BCUT2D eigenvalue weighted by Gasteiger charge is -2.47. The van der Waals surface area contributed by atoms with Crippen LogP contribution < -0.4 is 23.5 Å². The molecular weight excluding hydrogens is 528 g/mol. The zero-order valence-electron chi connectivity index (χ0n) is 22.3. The van der Waals surface area contributed by atoms with E-state index in [-0.39, 0.29) is 19.0 Å². The van der Waals surface area contributed by atoms with Crippen LogP contribution in [0.4, 0.5) is 0 Å². The van der Waals surface area contributed by atoms with Gasteiger partial charge in [0.15, 0.2) is 12.6 Å². The largest absolute Gasteiger partial charge is 1.00 e. The van der Waals surface area contributed by atoms with E-state index in [1.54, 1.807) is 0 Å². The van der Waals surface area contributed by atoms with Crippen molar-refractivity contribution in [2.75, 3.05) is 33.0 Å². The van der Waals surface area contributed by atoms with Gasteiger partial charge >= 0.3 is 0 Å². The fourth-order valence-electron chi connectivity index (χ4n) is 4.47. The summed E-state index contributed by atoms with van der Waals surface area (Å²) in [6.07, 6.45) is -5.70. The van der Waals surface area contributed by atoms with Gasteiger partial charge in [0.2, 0.25) is 5.91 Å². The molecule has 226 valence electrons. The van der Waals surface area contributed by atoms with Gasteiger partial charge in [-0.15, -0.1) is 0 Å². The average Bonchev–Trinajstić information content (AvgIpc) is 2.87. The highest BCUT2D eigenvalue weighted by Crippen LogP contribution is 2.30. The Kier molecular flexibility index (Phi) is 17.3. The van der Waals surface area contributed by atoms with Crippen molar-refractivity contribution in [1.29, 1.82) is 0 Å². The van der Waals surface area contributed by atoms with Crippen LogP contribution in [-0.2, 0) is 28.5 Å². The average molecular weight is 575 g/mol. The summed E-state index contributed by atoms with van der Waals surface area (Å²) in [5, 5.41) is 54.7. The first-order chi connectivity index (χ1) is 17.7. The SMILES string of the molecule is CCCCCCCCO[C@@H]1O[C@H](CO)[C@@H](O[C@@H]2O[C@H](COCC[NH3+])[C@H](O)[C@H](O)[C@H]2O)[C@H](O)[C@H]1NC(C)=O.[Cl-]. The fraction of sp³-hybridized carbons (Fsp3) is 0.958. The first kappa shape index (κ1) is 35.3. The number of aliphatic hydroxyl groups excluding tert-OH is 5. The number of hydrogen-bond acceptors (Lipinski definition) is 11. The number of aliphatic hydroxyl groups is 5. The van der Waals surface area contributed by atoms with Gasteiger partial charge < -0.3 is 72.7 Å². The van der Waals surface area contributed by atoms with E-state index < -0.39 is 73.9 Å². The van der Waals surface area contributed by atoms with E-state index in [0.717, 1.165) is 32.1 Å². The molecular formula is C24H47ClN2O11. The lowest BCUT2D eigenvalue weighted by Crippen LogP contribution is -3.00. The second kappa shape index (κ2) is 18.6. The monoisotopic (exact) mass is 574 g/mol. The molecule has 1 amide bonds. The maximum Gasteiger partial charge on any atom is 0.217 e. The first-order valence-electron chi connectivity index (χ1n) is 13.3. The van der Waals surface area contributed by atoms with Gasteiger partial charge in [-0.3, -0.25) is 4.79 Å². The standard InChI is InChI=1S/C24H46N2O11.ClH/c1-3-4-5-6-7-8-10-34-23-17(26-14(2)28)19(30)22(15(12-27)35-23)37-24-21(32)20(31)18(29)16(36-24)13-33-11-9-25;/h15-24,27,29-32H,3-13,25H2,1-2H3,(H,26,28);1H/t15-,16-,17-,18+,19-,20+,21-,22-,23-,24+;/m1./s1. The minimum atomic E-state index is -1.66. The molecule has 38 heavy (non-hydrogen) atoms. The highest BCUT2D eigenvalue weighted by atomic mass is 35.5. The van der Waals surface area contributed by atoms with E-state index in [9.17, 15) is 30.3 Å². The van der Waals surface area contributed by atoms with Crippen LogP contribution in [0.2, 0.25) is 0 Å².